The molecule has 0 aromatic heterocycles. The third kappa shape index (κ3) is 6.44. The molecule has 0 aliphatic heterocycles. The number of rotatable bonds is 7. The average molecular weight is 220 g/mol. The molecule has 0 bridgehead atoms. The van der Waals surface area contributed by atoms with Gasteiger partial charge in [0.1, 0.15) is 0 Å². The van der Waals surface area contributed by atoms with Crippen LogP contribution in [0.3, 0.4) is 0 Å². The smallest absolute Gasteiger partial charge is 0.359 e. The van der Waals surface area contributed by atoms with Crippen LogP contribution in [0.1, 0.15) is 6.42 Å². The van der Waals surface area contributed by atoms with Crippen molar-refractivity contribution in [3.05, 3.63) is 0 Å². The predicted molar refractivity (Wildman–Crippen MR) is 48.3 cm³/mol. The Kier molecular flexibility index (Phi) is 4.72. The Morgan fingerprint density at radius 2 is 1.33 bits per heavy atom. The molecule has 0 aromatic carbocycles. The van der Waals surface area contributed by atoms with Crippen LogP contribution in [0.4, 0.5) is 0 Å². The van der Waals surface area contributed by atoms with E-state index in [0.717, 1.165) is 0 Å². The molecule has 0 atom stereocenters. The first kappa shape index (κ1) is 13.4. The van der Waals surface area contributed by atoms with Gasteiger partial charge in [0.05, 0.1) is 20.0 Å². The van der Waals surface area contributed by atoms with Crippen LogP contribution in [0, 0.1) is 0 Å². The van der Waals surface area contributed by atoms with Gasteiger partial charge in [0, 0.05) is 0 Å². The van der Waals surface area contributed by atoms with Crippen LogP contribution in [-0.4, -0.2) is 64.4 Å². The maximum Gasteiger partial charge on any atom is 0.359 e. The molecule has 0 heterocycles. The van der Waals surface area contributed by atoms with Crippen molar-refractivity contribution in [2.24, 2.45) is 0 Å². The highest BCUT2D eigenvalue weighted by Gasteiger charge is 2.28. The fraction of sp³-hybridized carbons (Fsp3) is 0.625. The highest BCUT2D eigenvalue weighted by Crippen LogP contribution is 2.04. The number of hydrogen-bond acceptors (Lipinski definition) is 3. The number of likely N-dealkylation sites (N-methyl/N-ethyl adjacent to an activating group) is 1. The molecular weight excluding hydrogens is 206 g/mol. The number of nitrogens with zero attached hydrogens (tertiary/aromatic N) is 1. The second-order valence-corrected chi connectivity index (χ2v) is 3.59. The highest BCUT2D eigenvalue weighted by atomic mass is 16.4. The van der Waals surface area contributed by atoms with E-state index in [0.29, 0.717) is 0 Å². The van der Waals surface area contributed by atoms with E-state index >= 15 is 0 Å². The molecule has 15 heavy (non-hydrogen) atoms. The van der Waals surface area contributed by atoms with Crippen LogP contribution in [0.2, 0.25) is 0 Å². The van der Waals surface area contributed by atoms with E-state index in [1.54, 1.807) is 0 Å². The van der Waals surface area contributed by atoms with Crippen molar-refractivity contribution in [3.63, 3.8) is 0 Å². The normalized spacial score (nSPS) is 11.0. The minimum atomic E-state index is -1.15. The fourth-order valence-corrected chi connectivity index (χ4v) is 1.23. The van der Waals surface area contributed by atoms with E-state index in [2.05, 4.69) is 0 Å². The number of aliphatic carboxylic acids is 3. The zero-order valence-electron chi connectivity index (χ0n) is 8.34. The maximum absolute atomic E-state index is 10.5. The molecule has 7 heteroatoms. The van der Waals surface area contributed by atoms with E-state index in [1.165, 1.54) is 7.05 Å². The minimum absolute atomic E-state index is 0.0199. The van der Waals surface area contributed by atoms with Gasteiger partial charge in [-0.05, 0) is 0 Å². The van der Waals surface area contributed by atoms with E-state index in [1.807, 2.05) is 0 Å². The van der Waals surface area contributed by atoms with Crippen molar-refractivity contribution in [3.8, 4) is 0 Å². The molecule has 0 fully saturated rings. The molecule has 0 saturated heterocycles. The summed E-state index contributed by atoms with van der Waals surface area (Å²) < 4.78 is -0.322. The lowest BCUT2D eigenvalue weighted by atomic mass is 10.3. The van der Waals surface area contributed by atoms with Crippen LogP contribution in [0.15, 0.2) is 0 Å². The molecule has 0 aliphatic carbocycles. The third-order valence-corrected chi connectivity index (χ3v) is 1.90. The summed E-state index contributed by atoms with van der Waals surface area (Å²) in [5.41, 5.74) is 0. The van der Waals surface area contributed by atoms with Gasteiger partial charge in [0.25, 0.3) is 0 Å². The van der Waals surface area contributed by atoms with Crippen LogP contribution >= 0.6 is 0 Å². The third-order valence-electron chi connectivity index (χ3n) is 1.90. The van der Waals surface area contributed by atoms with Gasteiger partial charge in [0.2, 0.25) is 0 Å². The fourth-order valence-electron chi connectivity index (χ4n) is 1.23. The number of carboxylic acid groups (broad SMARTS) is 3. The van der Waals surface area contributed by atoms with E-state index in [9.17, 15) is 14.4 Å². The average Bonchev–Trinajstić information content (AvgIpc) is 1.97. The second kappa shape index (κ2) is 5.30. The molecule has 0 aliphatic rings. The largest absolute Gasteiger partial charge is 0.481 e. The minimum Gasteiger partial charge on any atom is -0.481 e. The summed E-state index contributed by atoms with van der Waals surface area (Å²) in [4.78, 5) is 31.3. The van der Waals surface area contributed by atoms with Gasteiger partial charge in [-0.1, -0.05) is 0 Å². The standard InChI is InChI=1S/C8H13NO6/c1-9(4-7(12)13,5-8(14)15)3-2-6(10)11/h2-5H2,1H3,(H2-,10,11,12,13,14,15)/p+1. The lowest BCUT2D eigenvalue weighted by Crippen LogP contribution is -2.51. The van der Waals surface area contributed by atoms with Crippen molar-refractivity contribution in [2.75, 3.05) is 26.7 Å². The molecule has 0 radical (unpaired) electrons. The molecule has 3 N–H and O–H groups in total. The first-order valence-corrected chi connectivity index (χ1v) is 4.24. The second-order valence-electron chi connectivity index (χ2n) is 3.59. The highest BCUT2D eigenvalue weighted by molar-refractivity contribution is 5.71. The summed E-state index contributed by atoms with van der Waals surface area (Å²) in [7, 11) is 1.41. The predicted octanol–water partition coefficient (Wildman–Crippen LogP) is -0.923. The van der Waals surface area contributed by atoms with Gasteiger partial charge in [-0.2, -0.15) is 0 Å². The van der Waals surface area contributed by atoms with Crippen LogP contribution in [0.5, 0.6) is 0 Å². The van der Waals surface area contributed by atoms with Gasteiger partial charge < -0.3 is 19.8 Å². The maximum atomic E-state index is 10.5. The van der Waals surface area contributed by atoms with Crippen LogP contribution in [0.25, 0.3) is 0 Å². The Hall–Kier alpha value is -1.63. The number of carboxylic acids is 3. The number of quaternary nitrogens is 1. The molecule has 7 nitrogen and oxygen atoms in total. The van der Waals surface area contributed by atoms with Crippen LogP contribution < -0.4 is 0 Å². The Morgan fingerprint density at radius 3 is 1.60 bits per heavy atom. The Morgan fingerprint density at radius 1 is 0.933 bits per heavy atom. The Bertz CT molecular complexity index is 258. The van der Waals surface area contributed by atoms with Gasteiger partial charge in [-0.15, -0.1) is 0 Å². The summed E-state index contributed by atoms with van der Waals surface area (Å²) in [5, 5.41) is 25.6. The molecule has 0 rings (SSSR count). The molecule has 0 amide bonds. The van der Waals surface area contributed by atoms with Crippen molar-refractivity contribution >= 4 is 17.9 Å². The van der Waals surface area contributed by atoms with Crippen molar-refractivity contribution in [2.45, 2.75) is 6.42 Å². The molecule has 0 aromatic rings. The van der Waals surface area contributed by atoms with Crippen molar-refractivity contribution in [1.29, 1.82) is 0 Å². The number of hydrogen-bond donors (Lipinski definition) is 3. The Labute approximate surface area is 86.1 Å². The van der Waals surface area contributed by atoms with Gasteiger partial charge in [-0.25, -0.2) is 9.59 Å². The van der Waals surface area contributed by atoms with Crippen molar-refractivity contribution in [1.82, 2.24) is 0 Å². The first-order chi connectivity index (χ1) is 6.75. The zero-order chi connectivity index (χ0) is 12.1. The summed E-state index contributed by atoms with van der Waals surface area (Å²) >= 11 is 0. The summed E-state index contributed by atoms with van der Waals surface area (Å²) in [6.07, 6.45) is -0.253. The van der Waals surface area contributed by atoms with Crippen molar-refractivity contribution < 1.29 is 34.2 Å². The summed E-state index contributed by atoms with van der Waals surface area (Å²) in [6, 6.07) is 0. The zero-order valence-corrected chi connectivity index (χ0v) is 8.34. The van der Waals surface area contributed by atoms with E-state index < -0.39 is 31.0 Å². The van der Waals surface area contributed by atoms with Gasteiger partial charge >= 0.3 is 17.9 Å². The van der Waals surface area contributed by atoms with Crippen LogP contribution in [-0.2, 0) is 14.4 Å². The lowest BCUT2D eigenvalue weighted by molar-refractivity contribution is -0.894. The Balaban J connectivity index is 4.46. The molecule has 0 saturated carbocycles. The van der Waals surface area contributed by atoms with Gasteiger partial charge in [0.15, 0.2) is 13.1 Å². The summed E-state index contributed by atoms with van der Waals surface area (Å²) in [5.74, 6) is -3.37. The lowest BCUT2D eigenvalue weighted by Gasteiger charge is -2.30. The SMILES string of the molecule is C[N+](CCC(=O)O)(CC(=O)O)CC(=O)O. The molecule has 86 valence electrons. The van der Waals surface area contributed by atoms with E-state index in [-0.39, 0.29) is 17.4 Å². The molecule has 0 spiro atoms. The summed E-state index contributed by atoms with van der Waals surface area (Å²) in [6.45, 7) is -0.826. The van der Waals surface area contributed by atoms with Gasteiger partial charge in [-0.3, -0.25) is 4.79 Å². The topological polar surface area (TPSA) is 112 Å². The quantitative estimate of drug-likeness (QED) is 0.478. The number of carbonyl (C=O) groups is 3. The molecule has 0 unspecified atom stereocenters. The molecular formula is C8H14NO6+. The van der Waals surface area contributed by atoms with E-state index in [4.69, 9.17) is 15.3 Å². The monoisotopic (exact) mass is 220 g/mol. The first-order valence-electron chi connectivity index (χ1n) is 4.24.